The molecule has 2 aromatic heterocycles. The van der Waals surface area contributed by atoms with E-state index in [1.54, 1.807) is 0 Å². The lowest BCUT2D eigenvalue weighted by molar-refractivity contribution is -0.132. The molecule has 1 amide bonds. The van der Waals surface area contributed by atoms with Crippen LogP contribution in [-0.4, -0.2) is 33.4 Å². The second-order valence-electron chi connectivity index (χ2n) is 6.45. The molecule has 134 valence electrons. The number of hydrogen-bond donors (Lipinski definition) is 0. The Morgan fingerprint density at radius 1 is 1.15 bits per heavy atom. The summed E-state index contributed by atoms with van der Waals surface area (Å²) in [7, 11) is 0. The molecule has 3 heterocycles. The highest BCUT2D eigenvalue weighted by Gasteiger charge is 2.18. The first-order chi connectivity index (χ1) is 12.6. The van der Waals surface area contributed by atoms with Crippen LogP contribution in [0.4, 0.5) is 0 Å². The minimum atomic E-state index is -0.162. The Labute approximate surface area is 159 Å². The quantitative estimate of drug-likeness (QED) is 0.687. The number of likely N-dealkylation sites (tertiary alicyclic amines) is 1. The van der Waals surface area contributed by atoms with Crippen molar-refractivity contribution >= 4 is 39.1 Å². The van der Waals surface area contributed by atoms with Crippen molar-refractivity contribution < 1.29 is 4.79 Å². The number of benzene rings is 1. The Balaban J connectivity index is 1.63. The number of rotatable bonds is 3. The lowest BCUT2D eigenvalue weighted by Crippen LogP contribution is -2.39. The number of nitrogens with zero attached hydrogens (tertiary/aromatic N) is 3. The molecule has 0 spiro atoms. The van der Waals surface area contributed by atoms with Gasteiger partial charge in [0.05, 0.1) is 11.8 Å². The highest BCUT2D eigenvalue weighted by molar-refractivity contribution is 7.22. The van der Waals surface area contributed by atoms with Gasteiger partial charge < -0.3 is 4.90 Å². The van der Waals surface area contributed by atoms with E-state index >= 15 is 0 Å². The van der Waals surface area contributed by atoms with Gasteiger partial charge in [-0.1, -0.05) is 23.7 Å². The third kappa shape index (κ3) is 3.39. The molecule has 0 unspecified atom stereocenters. The van der Waals surface area contributed by atoms with Gasteiger partial charge >= 0.3 is 0 Å². The molecule has 1 aliphatic heterocycles. The van der Waals surface area contributed by atoms with E-state index in [-0.39, 0.29) is 18.0 Å². The topological polar surface area (TPSA) is 55.2 Å². The van der Waals surface area contributed by atoms with Crippen molar-refractivity contribution in [1.29, 1.82) is 0 Å². The van der Waals surface area contributed by atoms with Gasteiger partial charge in [0.15, 0.2) is 0 Å². The molecule has 0 saturated carbocycles. The summed E-state index contributed by atoms with van der Waals surface area (Å²) in [5, 5.41) is 0.673. The minimum Gasteiger partial charge on any atom is -0.341 e. The lowest BCUT2D eigenvalue weighted by atomic mass is 10.1. The number of halogens is 1. The van der Waals surface area contributed by atoms with Crippen molar-refractivity contribution in [3.05, 3.63) is 52.0 Å². The number of amides is 1. The van der Waals surface area contributed by atoms with E-state index in [1.165, 1.54) is 28.7 Å². The van der Waals surface area contributed by atoms with Crippen molar-refractivity contribution in [3.8, 4) is 10.4 Å². The molecule has 0 aliphatic carbocycles. The van der Waals surface area contributed by atoms with E-state index in [0.717, 1.165) is 36.4 Å². The van der Waals surface area contributed by atoms with Crippen LogP contribution in [0.1, 0.15) is 19.3 Å². The van der Waals surface area contributed by atoms with Crippen LogP contribution in [0.2, 0.25) is 5.02 Å². The second-order valence-corrected chi connectivity index (χ2v) is 7.94. The van der Waals surface area contributed by atoms with Crippen LogP contribution < -0.4 is 5.56 Å². The third-order valence-electron chi connectivity index (χ3n) is 4.65. The van der Waals surface area contributed by atoms with Crippen molar-refractivity contribution in [3.63, 3.8) is 0 Å². The van der Waals surface area contributed by atoms with Gasteiger partial charge in [-0.2, -0.15) is 0 Å². The molecule has 0 atom stereocenters. The van der Waals surface area contributed by atoms with Crippen LogP contribution in [0.25, 0.3) is 20.7 Å². The molecule has 1 aliphatic rings. The van der Waals surface area contributed by atoms with Crippen molar-refractivity contribution in [2.24, 2.45) is 0 Å². The van der Waals surface area contributed by atoms with E-state index < -0.39 is 0 Å². The summed E-state index contributed by atoms with van der Waals surface area (Å²) in [5.74, 6) is -0.0116. The first-order valence-corrected chi connectivity index (χ1v) is 9.84. The zero-order valence-corrected chi connectivity index (χ0v) is 15.7. The molecule has 5 nitrogen and oxygen atoms in total. The fourth-order valence-corrected chi connectivity index (χ4v) is 4.39. The van der Waals surface area contributed by atoms with Crippen LogP contribution in [-0.2, 0) is 11.3 Å². The zero-order valence-electron chi connectivity index (χ0n) is 14.2. The summed E-state index contributed by atoms with van der Waals surface area (Å²) in [6.07, 6.45) is 4.71. The Kier molecular flexibility index (Phi) is 4.78. The fraction of sp³-hybridized carbons (Fsp3) is 0.316. The van der Waals surface area contributed by atoms with Crippen molar-refractivity contribution in [2.45, 2.75) is 25.8 Å². The maximum Gasteiger partial charge on any atom is 0.271 e. The predicted molar refractivity (Wildman–Crippen MR) is 105 cm³/mol. The maximum atomic E-state index is 12.8. The summed E-state index contributed by atoms with van der Waals surface area (Å²) in [4.78, 5) is 32.4. The summed E-state index contributed by atoms with van der Waals surface area (Å²) >= 11 is 7.33. The number of carbonyl (C=O) groups excluding carboxylic acids is 1. The first kappa shape index (κ1) is 17.2. The number of thiophene rings is 1. The highest BCUT2D eigenvalue weighted by atomic mass is 35.5. The molecular weight excluding hydrogens is 370 g/mol. The molecule has 26 heavy (non-hydrogen) atoms. The van der Waals surface area contributed by atoms with Gasteiger partial charge in [-0.05, 0) is 43.0 Å². The largest absolute Gasteiger partial charge is 0.341 e. The van der Waals surface area contributed by atoms with E-state index in [1.807, 2.05) is 35.2 Å². The van der Waals surface area contributed by atoms with Crippen LogP contribution in [0.15, 0.2) is 41.5 Å². The fourth-order valence-electron chi connectivity index (χ4n) is 3.20. The van der Waals surface area contributed by atoms with Gasteiger partial charge in [0.2, 0.25) is 5.91 Å². The average molecular weight is 388 g/mol. The number of piperidine rings is 1. The van der Waals surface area contributed by atoms with Crippen LogP contribution in [0.5, 0.6) is 0 Å². The monoisotopic (exact) mass is 387 g/mol. The molecule has 0 N–H and O–H groups in total. The average Bonchev–Trinajstić information content (AvgIpc) is 3.10. The summed E-state index contributed by atoms with van der Waals surface area (Å²) in [6.45, 7) is 1.61. The van der Waals surface area contributed by atoms with E-state index in [2.05, 4.69) is 4.98 Å². The van der Waals surface area contributed by atoms with Crippen molar-refractivity contribution in [1.82, 2.24) is 14.5 Å². The summed E-state index contributed by atoms with van der Waals surface area (Å²) in [6, 6.07) is 9.40. The highest BCUT2D eigenvalue weighted by Crippen LogP contribution is 2.31. The van der Waals surface area contributed by atoms with Gasteiger partial charge in [-0.15, -0.1) is 11.3 Å². The standard InChI is InChI=1S/C19H18ClN3O2S/c20-14-6-4-13(5-7-14)16-10-15-18(26-16)19(25)23(12-21-15)11-17(24)22-8-2-1-3-9-22/h4-7,10,12H,1-3,8-9,11H2. The minimum absolute atomic E-state index is 0.0116. The molecular formula is C19H18ClN3O2S. The molecule has 4 rings (SSSR count). The Hall–Kier alpha value is -2.18. The number of hydrogen-bond acceptors (Lipinski definition) is 4. The van der Waals surface area contributed by atoms with Gasteiger partial charge in [0, 0.05) is 23.0 Å². The molecule has 0 bridgehead atoms. The predicted octanol–water partition coefficient (Wildman–Crippen LogP) is 3.79. The Morgan fingerprint density at radius 3 is 2.62 bits per heavy atom. The molecule has 3 aromatic rings. The van der Waals surface area contributed by atoms with Gasteiger partial charge in [0.25, 0.3) is 5.56 Å². The van der Waals surface area contributed by atoms with E-state index in [4.69, 9.17) is 11.6 Å². The summed E-state index contributed by atoms with van der Waals surface area (Å²) in [5.41, 5.74) is 1.49. The number of fused-ring (bicyclic) bond motifs is 1. The molecule has 7 heteroatoms. The molecule has 1 fully saturated rings. The lowest BCUT2D eigenvalue weighted by Gasteiger charge is -2.26. The molecule has 1 aromatic carbocycles. The van der Waals surface area contributed by atoms with E-state index in [0.29, 0.717) is 15.2 Å². The molecule has 0 radical (unpaired) electrons. The maximum absolute atomic E-state index is 12.8. The number of aromatic nitrogens is 2. The molecule has 1 saturated heterocycles. The van der Waals surface area contributed by atoms with Crippen LogP contribution in [0.3, 0.4) is 0 Å². The van der Waals surface area contributed by atoms with Gasteiger partial charge in [0.1, 0.15) is 11.2 Å². The van der Waals surface area contributed by atoms with Crippen LogP contribution >= 0.6 is 22.9 Å². The normalized spacial score (nSPS) is 14.7. The van der Waals surface area contributed by atoms with Gasteiger partial charge in [-0.25, -0.2) is 4.98 Å². The van der Waals surface area contributed by atoms with Gasteiger partial charge in [-0.3, -0.25) is 14.2 Å². The zero-order chi connectivity index (χ0) is 18.1. The van der Waals surface area contributed by atoms with Crippen molar-refractivity contribution in [2.75, 3.05) is 13.1 Å². The Bertz CT molecular complexity index is 1000. The van der Waals surface area contributed by atoms with E-state index in [9.17, 15) is 9.59 Å². The SMILES string of the molecule is O=C(Cn1cnc2cc(-c3ccc(Cl)cc3)sc2c1=O)N1CCCCC1. The second kappa shape index (κ2) is 7.21. The first-order valence-electron chi connectivity index (χ1n) is 8.64. The smallest absolute Gasteiger partial charge is 0.271 e. The van der Waals surface area contributed by atoms with Crippen LogP contribution in [0, 0.1) is 0 Å². The summed E-state index contributed by atoms with van der Waals surface area (Å²) < 4.78 is 1.99. The third-order valence-corrected chi connectivity index (χ3v) is 6.06. The number of carbonyl (C=O) groups is 1. The Morgan fingerprint density at radius 2 is 1.88 bits per heavy atom.